The molecule has 11 heteroatoms. The first-order valence-electron chi connectivity index (χ1n) is 10.4. The summed E-state index contributed by atoms with van der Waals surface area (Å²) < 4.78 is 13.0. The molecule has 0 aliphatic carbocycles. The summed E-state index contributed by atoms with van der Waals surface area (Å²) in [5, 5.41) is 0. The van der Waals surface area contributed by atoms with Gasteiger partial charge >= 0.3 is 6.09 Å². The fraction of sp³-hybridized carbons (Fsp3) is 0.455. The van der Waals surface area contributed by atoms with Crippen LogP contribution in [0.2, 0.25) is 0 Å². The molecule has 1 aromatic carbocycles. The van der Waals surface area contributed by atoms with Crippen LogP contribution in [0, 0.1) is 12.3 Å². The molecule has 3 amide bonds. The number of piperazine rings is 1. The van der Waals surface area contributed by atoms with Crippen LogP contribution in [0.25, 0.3) is 10.2 Å². The van der Waals surface area contributed by atoms with E-state index in [9.17, 15) is 14.4 Å². The molecule has 0 unspecified atom stereocenters. The maximum absolute atomic E-state index is 12.5. The Morgan fingerprint density at radius 3 is 2.58 bits per heavy atom. The maximum atomic E-state index is 12.5. The van der Waals surface area contributed by atoms with Gasteiger partial charge in [-0.25, -0.2) is 4.79 Å². The molecule has 1 fully saturated rings. The van der Waals surface area contributed by atoms with Gasteiger partial charge < -0.3 is 23.8 Å². The van der Waals surface area contributed by atoms with Gasteiger partial charge in [0, 0.05) is 26.2 Å². The van der Waals surface area contributed by atoms with E-state index in [-0.39, 0.29) is 29.4 Å². The Balaban J connectivity index is 1.56. The summed E-state index contributed by atoms with van der Waals surface area (Å²) in [4.78, 5) is 44.7. The van der Waals surface area contributed by atoms with Crippen LogP contribution in [0.3, 0.4) is 0 Å². The second-order valence-electron chi connectivity index (χ2n) is 7.07. The summed E-state index contributed by atoms with van der Waals surface area (Å²) in [6, 6.07) is 5.61. The van der Waals surface area contributed by atoms with Gasteiger partial charge in [0.2, 0.25) is 5.91 Å². The number of thioether (sulfide) groups is 1. The van der Waals surface area contributed by atoms with Crippen LogP contribution in [0.4, 0.5) is 4.79 Å². The Morgan fingerprint density at radius 1 is 1.18 bits per heavy atom. The lowest BCUT2D eigenvalue weighted by Crippen LogP contribution is -2.51. The second kappa shape index (κ2) is 11.8. The minimum atomic E-state index is -0.354. The number of benzene rings is 1. The highest BCUT2D eigenvalue weighted by Gasteiger charge is 2.24. The second-order valence-corrected chi connectivity index (χ2v) is 9.07. The Labute approximate surface area is 200 Å². The number of fused-ring (bicyclic) bond motifs is 1. The number of nitrogens with zero attached hydrogens (tertiary/aromatic N) is 4. The van der Waals surface area contributed by atoms with Gasteiger partial charge in [0.1, 0.15) is 5.75 Å². The van der Waals surface area contributed by atoms with Gasteiger partial charge in [-0.2, -0.15) is 4.99 Å². The molecule has 1 aliphatic heterocycles. The molecule has 176 valence electrons. The fourth-order valence-electron chi connectivity index (χ4n) is 3.32. The predicted octanol–water partition coefficient (Wildman–Crippen LogP) is 1.81. The van der Waals surface area contributed by atoms with Crippen LogP contribution < -0.4 is 9.54 Å². The van der Waals surface area contributed by atoms with Crippen molar-refractivity contribution in [2.45, 2.75) is 13.5 Å². The number of thiazole rings is 1. The van der Waals surface area contributed by atoms with Crippen molar-refractivity contribution in [2.75, 3.05) is 51.4 Å². The van der Waals surface area contributed by atoms with E-state index in [1.807, 2.05) is 22.8 Å². The van der Waals surface area contributed by atoms with E-state index in [1.54, 1.807) is 23.8 Å². The van der Waals surface area contributed by atoms with Crippen molar-refractivity contribution >= 4 is 51.2 Å². The van der Waals surface area contributed by atoms with E-state index in [0.717, 1.165) is 10.2 Å². The lowest BCUT2D eigenvalue weighted by atomic mass is 10.3. The highest BCUT2D eigenvalue weighted by Crippen LogP contribution is 2.23. The van der Waals surface area contributed by atoms with Gasteiger partial charge in [0.25, 0.3) is 5.91 Å². The van der Waals surface area contributed by atoms with Crippen LogP contribution in [0.15, 0.2) is 23.2 Å². The predicted molar refractivity (Wildman–Crippen MR) is 128 cm³/mol. The molecule has 1 aliphatic rings. The molecule has 0 atom stereocenters. The van der Waals surface area contributed by atoms with E-state index in [2.05, 4.69) is 10.9 Å². The van der Waals surface area contributed by atoms with Crippen molar-refractivity contribution in [1.82, 2.24) is 14.4 Å². The van der Waals surface area contributed by atoms with Crippen LogP contribution in [0.5, 0.6) is 5.75 Å². The maximum Gasteiger partial charge on any atom is 0.409 e. The van der Waals surface area contributed by atoms with Crippen LogP contribution >= 0.6 is 23.1 Å². The topological polar surface area (TPSA) is 93.4 Å². The summed E-state index contributed by atoms with van der Waals surface area (Å²) >= 11 is 2.59. The first kappa shape index (κ1) is 24.7. The number of carbonyl (C=O) groups excluding carboxylic acids is 3. The lowest BCUT2D eigenvalue weighted by Gasteiger charge is -2.34. The molecule has 2 heterocycles. The van der Waals surface area contributed by atoms with Gasteiger partial charge in [-0.3, -0.25) is 9.59 Å². The number of hydrogen-bond acceptors (Lipinski definition) is 7. The molecule has 0 N–H and O–H groups in total. The normalized spacial score (nSPS) is 14.3. The largest absolute Gasteiger partial charge is 0.497 e. The molecule has 0 spiro atoms. The van der Waals surface area contributed by atoms with Crippen LogP contribution in [-0.4, -0.2) is 83.7 Å². The molecule has 9 nitrogen and oxygen atoms in total. The monoisotopic (exact) mass is 490 g/mol. The van der Waals surface area contributed by atoms with Crippen molar-refractivity contribution in [3.05, 3.63) is 23.0 Å². The van der Waals surface area contributed by atoms with Crippen molar-refractivity contribution in [3.63, 3.8) is 0 Å². The first-order chi connectivity index (χ1) is 16.0. The van der Waals surface area contributed by atoms with Gasteiger partial charge in [-0.15, -0.1) is 18.2 Å². The van der Waals surface area contributed by atoms with Gasteiger partial charge in [-0.1, -0.05) is 17.3 Å². The number of rotatable bonds is 7. The number of hydrogen-bond donors (Lipinski definition) is 0. The minimum absolute atomic E-state index is 0.0624. The molecule has 1 saturated heterocycles. The zero-order valence-corrected chi connectivity index (χ0v) is 20.2. The number of terminal acetylenes is 1. The van der Waals surface area contributed by atoms with Crippen molar-refractivity contribution in [3.8, 4) is 18.1 Å². The van der Waals surface area contributed by atoms with Gasteiger partial charge in [-0.05, 0) is 25.1 Å². The Kier molecular flexibility index (Phi) is 8.79. The first-order valence-corrected chi connectivity index (χ1v) is 12.4. The molecule has 2 aromatic rings. The van der Waals surface area contributed by atoms with E-state index in [4.69, 9.17) is 15.9 Å². The Hall–Kier alpha value is -2.97. The summed E-state index contributed by atoms with van der Waals surface area (Å²) in [6.45, 7) is 4.16. The zero-order valence-electron chi connectivity index (χ0n) is 18.6. The Bertz CT molecular complexity index is 1130. The SMILES string of the molecule is C#CCn1c(=NC(=O)CSCC(=O)N2CCN(C(=O)OCC)CC2)sc2cc(OC)ccc21. The minimum Gasteiger partial charge on any atom is -0.497 e. The standard InChI is InChI=1S/C22H26N4O5S2/c1-4-8-26-17-7-6-16(30-3)13-18(17)33-21(26)23-19(27)14-32-15-20(28)24-9-11-25(12-10-24)22(29)31-5-2/h1,6-7,13H,5,8-12,14-15H2,2-3H3. The summed E-state index contributed by atoms with van der Waals surface area (Å²) in [5.74, 6) is 3.18. The quantitative estimate of drug-likeness (QED) is 0.550. The molecule has 3 rings (SSSR count). The van der Waals surface area contributed by atoms with E-state index >= 15 is 0 Å². The number of carbonyl (C=O) groups is 3. The molecular weight excluding hydrogens is 464 g/mol. The molecular formula is C22H26N4O5S2. The number of methoxy groups -OCH3 is 1. The van der Waals surface area contributed by atoms with E-state index in [1.165, 1.54) is 23.1 Å². The van der Waals surface area contributed by atoms with E-state index in [0.29, 0.717) is 49.9 Å². The molecule has 0 bridgehead atoms. The smallest absolute Gasteiger partial charge is 0.409 e. The molecule has 33 heavy (non-hydrogen) atoms. The van der Waals surface area contributed by atoms with Crippen LogP contribution in [0.1, 0.15) is 6.92 Å². The third kappa shape index (κ3) is 6.30. The molecule has 0 saturated carbocycles. The van der Waals surface area contributed by atoms with Crippen molar-refractivity contribution < 1.29 is 23.9 Å². The summed E-state index contributed by atoms with van der Waals surface area (Å²) in [5.41, 5.74) is 0.884. The third-order valence-corrected chi connectivity index (χ3v) is 6.91. The molecule has 1 aromatic heterocycles. The average Bonchev–Trinajstić information content (AvgIpc) is 3.15. The van der Waals surface area contributed by atoms with Crippen LogP contribution in [-0.2, 0) is 20.9 Å². The van der Waals surface area contributed by atoms with Gasteiger partial charge in [0.05, 0.1) is 42.0 Å². The Morgan fingerprint density at radius 2 is 1.91 bits per heavy atom. The van der Waals surface area contributed by atoms with Crippen molar-refractivity contribution in [2.24, 2.45) is 4.99 Å². The highest BCUT2D eigenvalue weighted by molar-refractivity contribution is 8.00. The fourth-order valence-corrected chi connectivity index (χ4v) is 5.09. The number of ether oxygens (including phenoxy) is 2. The zero-order chi connectivity index (χ0) is 23.8. The van der Waals surface area contributed by atoms with Gasteiger partial charge in [0.15, 0.2) is 4.80 Å². The number of amides is 3. The summed E-state index contributed by atoms with van der Waals surface area (Å²) in [7, 11) is 1.60. The van der Waals surface area contributed by atoms with E-state index < -0.39 is 0 Å². The third-order valence-electron chi connectivity index (χ3n) is 4.97. The van der Waals surface area contributed by atoms with Crippen molar-refractivity contribution in [1.29, 1.82) is 0 Å². The average molecular weight is 491 g/mol. The highest BCUT2D eigenvalue weighted by atomic mass is 32.2. The molecule has 0 radical (unpaired) electrons. The number of aromatic nitrogens is 1. The summed E-state index contributed by atoms with van der Waals surface area (Å²) in [6.07, 6.45) is 5.14. The lowest BCUT2D eigenvalue weighted by molar-refractivity contribution is -0.129.